The molecule has 4 nitrogen and oxygen atoms in total. The van der Waals surface area contributed by atoms with Crippen molar-refractivity contribution >= 4 is 35.2 Å². The van der Waals surface area contributed by atoms with Crippen LogP contribution < -0.4 is 5.32 Å². The molecule has 0 fully saturated rings. The lowest BCUT2D eigenvalue weighted by Gasteiger charge is -2.31. The fourth-order valence-electron chi connectivity index (χ4n) is 3.07. The monoisotopic (exact) mass is 446 g/mol. The van der Waals surface area contributed by atoms with E-state index in [2.05, 4.69) is 5.32 Å². The normalized spacial score (nSPS) is 12.8. The van der Waals surface area contributed by atoms with Gasteiger partial charge in [0.25, 0.3) is 0 Å². The Hall–Kier alpha value is -1.98. The highest BCUT2D eigenvalue weighted by atomic mass is 35.5. The van der Waals surface area contributed by atoms with Gasteiger partial charge in [-0.2, -0.15) is 0 Å². The zero-order valence-corrected chi connectivity index (χ0v) is 19.5. The van der Waals surface area contributed by atoms with Gasteiger partial charge < -0.3 is 10.2 Å². The molecule has 2 atom stereocenters. The van der Waals surface area contributed by atoms with Crippen molar-refractivity contribution in [1.82, 2.24) is 10.2 Å². The second-order valence-electron chi connectivity index (χ2n) is 7.30. The first-order valence-electron chi connectivity index (χ1n) is 10.5. The van der Waals surface area contributed by atoms with E-state index >= 15 is 0 Å². The Bertz CT molecular complexity index is 799. The summed E-state index contributed by atoms with van der Waals surface area (Å²) in [6.45, 7) is 6.40. The summed E-state index contributed by atoms with van der Waals surface area (Å²) in [5.74, 6) is 0.558. The lowest BCUT2D eigenvalue weighted by atomic mass is 10.1. The number of benzene rings is 2. The van der Waals surface area contributed by atoms with Gasteiger partial charge in [-0.3, -0.25) is 9.59 Å². The molecule has 0 aromatic heterocycles. The maximum Gasteiger partial charge on any atom is 0.243 e. The molecule has 2 aromatic carbocycles. The third-order valence-electron chi connectivity index (χ3n) is 4.98. The number of hydrogen-bond acceptors (Lipinski definition) is 3. The number of amides is 2. The van der Waals surface area contributed by atoms with E-state index in [0.29, 0.717) is 30.2 Å². The lowest BCUT2D eigenvalue weighted by molar-refractivity contribution is -0.141. The Kier molecular flexibility index (Phi) is 10.2. The van der Waals surface area contributed by atoms with E-state index in [1.54, 1.807) is 16.7 Å². The molecule has 30 heavy (non-hydrogen) atoms. The Morgan fingerprint density at radius 2 is 1.70 bits per heavy atom. The molecule has 2 amide bonds. The predicted octanol–water partition coefficient (Wildman–Crippen LogP) is 5.54. The highest BCUT2D eigenvalue weighted by Crippen LogP contribution is 2.22. The molecule has 0 spiro atoms. The van der Waals surface area contributed by atoms with Crippen molar-refractivity contribution in [2.75, 3.05) is 5.75 Å². The molecule has 0 aliphatic carbocycles. The van der Waals surface area contributed by atoms with Gasteiger partial charge in [0, 0.05) is 34.7 Å². The van der Waals surface area contributed by atoms with Crippen LogP contribution in [-0.4, -0.2) is 34.6 Å². The van der Waals surface area contributed by atoms with Crippen molar-refractivity contribution in [1.29, 1.82) is 0 Å². The molecule has 0 aliphatic rings. The summed E-state index contributed by atoms with van der Waals surface area (Å²) in [5.41, 5.74) is 1.02. The minimum atomic E-state index is -0.479. The molecule has 2 unspecified atom stereocenters. The van der Waals surface area contributed by atoms with E-state index in [1.807, 2.05) is 75.4 Å². The highest BCUT2D eigenvalue weighted by molar-refractivity contribution is 7.99. The second-order valence-corrected chi connectivity index (χ2v) is 8.91. The summed E-state index contributed by atoms with van der Waals surface area (Å²) in [5, 5.41) is 3.74. The van der Waals surface area contributed by atoms with E-state index in [9.17, 15) is 9.59 Å². The number of carbonyl (C=O) groups excluding carboxylic acids is 2. The lowest BCUT2D eigenvalue weighted by Crippen LogP contribution is -2.50. The van der Waals surface area contributed by atoms with Gasteiger partial charge in [0.05, 0.1) is 0 Å². The van der Waals surface area contributed by atoms with Crippen LogP contribution in [-0.2, 0) is 16.1 Å². The SMILES string of the molecule is CCC(C)NC(=O)C(CC)N(Cc1ccccc1)C(=O)CCSc1ccc(Cl)cc1. The van der Waals surface area contributed by atoms with Crippen molar-refractivity contribution in [3.05, 3.63) is 65.2 Å². The van der Waals surface area contributed by atoms with Crippen molar-refractivity contribution in [3.8, 4) is 0 Å². The third kappa shape index (κ3) is 7.69. The standard InChI is InChI=1S/C24H31ClN2O2S/c1-4-18(3)26-24(29)22(5-2)27(17-19-9-7-6-8-10-19)23(28)15-16-30-21-13-11-20(25)12-14-21/h6-14,18,22H,4-5,15-17H2,1-3H3,(H,26,29). The average Bonchev–Trinajstić information content (AvgIpc) is 2.75. The van der Waals surface area contributed by atoms with Gasteiger partial charge in [0.2, 0.25) is 11.8 Å². The maximum absolute atomic E-state index is 13.2. The number of thioether (sulfide) groups is 1. The molecule has 0 heterocycles. The fourth-order valence-corrected chi connectivity index (χ4v) is 4.04. The third-order valence-corrected chi connectivity index (χ3v) is 6.25. The number of hydrogen-bond donors (Lipinski definition) is 1. The number of halogens is 1. The second kappa shape index (κ2) is 12.7. The van der Waals surface area contributed by atoms with Gasteiger partial charge in [0.15, 0.2) is 0 Å². The van der Waals surface area contributed by atoms with Crippen LogP contribution in [0, 0.1) is 0 Å². The van der Waals surface area contributed by atoms with E-state index in [-0.39, 0.29) is 17.9 Å². The molecule has 0 bridgehead atoms. The van der Waals surface area contributed by atoms with Crippen molar-refractivity contribution in [2.24, 2.45) is 0 Å². The molecule has 162 valence electrons. The summed E-state index contributed by atoms with van der Waals surface area (Å²) in [7, 11) is 0. The Morgan fingerprint density at radius 1 is 1.03 bits per heavy atom. The first-order valence-corrected chi connectivity index (χ1v) is 11.8. The van der Waals surface area contributed by atoms with Gasteiger partial charge >= 0.3 is 0 Å². The van der Waals surface area contributed by atoms with E-state index in [0.717, 1.165) is 16.9 Å². The highest BCUT2D eigenvalue weighted by Gasteiger charge is 2.28. The first-order chi connectivity index (χ1) is 14.4. The molecule has 1 N–H and O–H groups in total. The Balaban J connectivity index is 2.09. The van der Waals surface area contributed by atoms with Crippen LogP contribution in [0.1, 0.15) is 45.6 Å². The van der Waals surface area contributed by atoms with Crippen molar-refractivity contribution in [3.63, 3.8) is 0 Å². The van der Waals surface area contributed by atoms with Crippen LogP contribution in [0.15, 0.2) is 59.5 Å². The topological polar surface area (TPSA) is 49.4 Å². The van der Waals surface area contributed by atoms with E-state index in [4.69, 9.17) is 11.6 Å². The molecule has 0 saturated heterocycles. The molecule has 0 radical (unpaired) electrons. The van der Waals surface area contributed by atoms with Crippen molar-refractivity contribution in [2.45, 2.75) is 63.6 Å². The average molecular weight is 447 g/mol. The quantitative estimate of drug-likeness (QED) is 0.460. The van der Waals surface area contributed by atoms with Crippen LogP contribution in [0.3, 0.4) is 0 Å². The minimum absolute atomic E-state index is 0.00790. The van der Waals surface area contributed by atoms with Gasteiger partial charge in [-0.1, -0.05) is 55.8 Å². The molecule has 2 aromatic rings. The van der Waals surface area contributed by atoms with Crippen LogP contribution in [0.25, 0.3) is 0 Å². The molecule has 6 heteroatoms. The van der Waals surface area contributed by atoms with Gasteiger partial charge in [0.1, 0.15) is 6.04 Å². The largest absolute Gasteiger partial charge is 0.352 e. The molecule has 0 saturated carbocycles. The molecular weight excluding hydrogens is 416 g/mol. The molecule has 2 rings (SSSR count). The zero-order chi connectivity index (χ0) is 21.9. The van der Waals surface area contributed by atoms with Crippen LogP contribution >= 0.6 is 23.4 Å². The number of nitrogens with zero attached hydrogens (tertiary/aromatic N) is 1. The summed E-state index contributed by atoms with van der Waals surface area (Å²) >= 11 is 7.55. The van der Waals surface area contributed by atoms with Crippen LogP contribution in [0.2, 0.25) is 5.02 Å². The molecular formula is C24H31ClN2O2S. The Morgan fingerprint density at radius 3 is 2.30 bits per heavy atom. The summed E-state index contributed by atoms with van der Waals surface area (Å²) < 4.78 is 0. The Labute approximate surface area is 189 Å². The fraction of sp³-hybridized carbons (Fsp3) is 0.417. The number of nitrogens with one attached hydrogen (secondary N) is 1. The van der Waals surface area contributed by atoms with Gasteiger partial charge in [-0.25, -0.2) is 0 Å². The molecule has 0 aliphatic heterocycles. The minimum Gasteiger partial charge on any atom is -0.352 e. The van der Waals surface area contributed by atoms with Crippen molar-refractivity contribution < 1.29 is 9.59 Å². The summed E-state index contributed by atoms with van der Waals surface area (Å²) in [4.78, 5) is 28.9. The van der Waals surface area contributed by atoms with Crippen LogP contribution in [0.5, 0.6) is 0 Å². The number of carbonyl (C=O) groups is 2. The number of rotatable bonds is 11. The zero-order valence-electron chi connectivity index (χ0n) is 17.9. The first kappa shape index (κ1) is 24.3. The summed E-state index contributed by atoms with van der Waals surface area (Å²) in [6.07, 6.45) is 1.80. The van der Waals surface area contributed by atoms with Gasteiger partial charge in [-0.15, -0.1) is 11.8 Å². The summed E-state index contributed by atoms with van der Waals surface area (Å²) in [6, 6.07) is 17.0. The smallest absolute Gasteiger partial charge is 0.243 e. The van der Waals surface area contributed by atoms with Crippen LogP contribution in [0.4, 0.5) is 0 Å². The van der Waals surface area contributed by atoms with E-state index in [1.165, 1.54) is 0 Å². The van der Waals surface area contributed by atoms with Gasteiger partial charge in [-0.05, 0) is 49.6 Å². The maximum atomic E-state index is 13.2. The van der Waals surface area contributed by atoms with E-state index < -0.39 is 6.04 Å². The predicted molar refractivity (Wildman–Crippen MR) is 126 cm³/mol.